The first-order valence-electron chi connectivity index (χ1n) is 5.10. The molecule has 0 aliphatic carbocycles. The number of likely N-dealkylation sites (tertiary alicyclic amines) is 1. The predicted octanol–water partition coefficient (Wildman–Crippen LogP) is 1.55. The lowest BCUT2D eigenvalue weighted by molar-refractivity contribution is 0.414. The number of anilines is 1. The van der Waals surface area contributed by atoms with Crippen LogP contribution < -0.4 is 5.32 Å². The summed E-state index contributed by atoms with van der Waals surface area (Å²) in [6, 6.07) is 2.24. The van der Waals surface area contributed by atoms with Gasteiger partial charge in [0.15, 0.2) is 0 Å². The van der Waals surface area contributed by atoms with Crippen LogP contribution in [0.5, 0.6) is 0 Å². The summed E-state index contributed by atoms with van der Waals surface area (Å²) in [5.41, 5.74) is 0. The van der Waals surface area contributed by atoms with Crippen LogP contribution in [0, 0.1) is 6.92 Å². The van der Waals surface area contributed by atoms with E-state index in [1.807, 2.05) is 6.92 Å². The SMILES string of the molecule is Cc1nc(Cl)cc(NC2CCN(C)C2)n1. The van der Waals surface area contributed by atoms with Crippen LogP contribution in [-0.4, -0.2) is 41.0 Å². The minimum absolute atomic E-state index is 0.473. The van der Waals surface area contributed by atoms with Crippen LogP contribution in [0.25, 0.3) is 0 Å². The molecule has 5 heteroatoms. The fraction of sp³-hybridized carbons (Fsp3) is 0.600. The molecule has 1 saturated heterocycles. The van der Waals surface area contributed by atoms with E-state index in [4.69, 9.17) is 11.6 Å². The summed E-state index contributed by atoms with van der Waals surface area (Å²) < 4.78 is 0. The van der Waals surface area contributed by atoms with Crippen molar-refractivity contribution in [3.8, 4) is 0 Å². The normalized spacial score (nSPS) is 21.9. The zero-order valence-corrected chi connectivity index (χ0v) is 9.75. The van der Waals surface area contributed by atoms with E-state index in [1.54, 1.807) is 6.07 Å². The van der Waals surface area contributed by atoms with Gasteiger partial charge in [0.2, 0.25) is 0 Å². The lowest BCUT2D eigenvalue weighted by atomic mass is 10.2. The van der Waals surface area contributed by atoms with Crippen LogP contribution in [-0.2, 0) is 0 Å². The van der Waals surface area contributed by atoms with Crippen LogP contribution in [0.1, 0.15) is 12.2 Å². The molecule has 2 rings (SSSR count). The van der Waals surface area contributed by atoms with E-state index in [-0.39, 0.29) is 0 Å². The Bertz CT molecular complexity index is 335. The highest BCUT2D eigenvalue weighted by molar-refractivity contribution is 6.29. The zero-order valence-electron chi connectivity index (χ0n) is 9.00. The van der Waals surface area contributed by atoms with Crippen molar-refractivity contribution in [2.45, 2.75) is 19.4 Å². The largest absolute Gasteiger partial charge is 0.366 e. The maximum Gasteiger partial charge on any atom is 0.134 e. The molecule has 0 radical (unpaired) electrons. The Morgan fingerprint density at radius 3 is 2.93 bits per heavy atom. The van der Waals surface area contributed by atoms with Gasteiger partial charge in [-0.05, 0) is 26.9 Å². The molecule has 1 atom stereocenters. The van der Waals surface area contributed by atoms with E-state index in [9.17, 15) is 0 Å². The lowest BCUT2D eigenvalue weighted by Gasteiger charge is -2.13. The van der Waals surface area contributed by atoms with Gasteiger partial charge in [-0.2, -0.15) is 0 Å². The van der Waals surface area contributed by atoms with Crippen molar-refractivity contribution in [2.24, 2.45) is 0 Å². The molecule has 0 spiro atoms. The quantitative estimate of drug-likeness (QED) is 0.777. The molecule has 1 aromatic heterocycles. The standard InChI is InChI=1S/C10H15ClN4/c1-7-12-9(11)5-10(13-7)14-8-3-4-15(2)6-8/h5,8H,3-4,6H2,1-2H3,(H,12,13,14). The number of likely N-dealkylation sites (N-methyl/N-ethyl adjacent to an activating group) is 1. The summed E-state index contributed by atoms with van der Waals surface area (Å²) in [4.78, 5) is 10.6. The molecule has 1 unspecified atom stereocenters. The summed E-state index contributed by atoms with van der Waals surface area (Å²) >= 11 is 5.86. The minimum Gasteiger partial charge on any atom is -0.366 e. The molecule has 2 heterocycles. The van der Waals surface area contributed by atoms with Gasteiger partial charge < -0.3 is 10.2 Å². The number of aromatic nitrogens is 2. The monoisotopic (exact) mass is 226 g/mol. The Labute approximate surface area is 94.7 Å². The Morgan fingerprint density at radius 2 is 2.33 bits per heavy atom. The Hall–Kier alpha value is -0.870. The van der Waals surface area contributed by atoms with Crippen molar-refractivity contribution >= 4 is 17.4 Å². The first kappa shape index (κ1) is 10.6. The second-order valence-electron chi connectivity index (χ2n) is 4.02. The summed E-state index contributed by atoms with van der Waals surface area (Å²) in [5.74, 6) is 1.53. The number of nitrogens with zero attached hydrogens (tertiary/aromatic N) is 3. The summed E-state index contributed by atoms with van der Waals surface area (Å²) in [6.07, 6.45) is 1.15. The van der Waals surface area contributed by atoms with Gasteiger partial charge in [0, 0.05) is 18.7 Å². The molecule has 82 valence electrons. The van der Waals surface area contributed by atoms with E-state index < -0.39 is 0 Å². The average Bonchev–Trinajstić information content (AvgIpc) is 2.49. The fourth-order valence-corrected chi connectivity index (χ4v) is 2.09. The van der Waals surface area contributed by atoms with Crippen molar-refractivity contribution in [1.82, 2.24) is 14.9 Å². The molecule has 0 amide bonds. The van der Waals surface area contributed by atoms with E-state index in [1.165, 1.54) is 0 Å². The number of aryl methyl sites for hydroxylation is 1. The van der Waals surface area contributed by atoms with Crippen molar-refractivity contribution < 1.29 is 0 Å². The van der Waals surface area contributed by atoms with Gasteiger partial charge >= 0.3 is 0 Å². The summed E-state index contributed by atoms with van der Waals surface area (Å²) in [5, 5.41) is 3.87. The zero-order chi connectivity index (χ0) is 10.8. The van der Waals surface area contributed by atoms with E-state index in [0.29, 0.717) is 17.0 Å². The smallest absolute Gasteiger partial charge is 0.134 e. The molecule has 1 N–H and O–H groups in total. The highest BCUT2D eigenvalue weighted by atomic mass is 35.5. The summed E-state index contributed by atoms with van der Waals surface area (Å²) in [6.45, 7) is 4.04. The topological polar surface area (TPSA) is 41.1 Å². The second kappa shape index (κ2) is 4.33. The van der Waals surface area contributed by atoms with Gasteiger partial charge in [-0.15, -0.1) is 0 Å². The van der Waals surface area contributed by atoms with Gasteiger partial charge in [-0.1, -0.05) is 11.6 Å². The molecule has 0 saturated carbocycles. The molecule has 15 heavy (non-hydrogen) atoms. The van der Waals surface area contributed by atoms with E-state index >= 15 is 0 Å². The first-order valence-corrected chi connectivity index (χ1v) is 5.47. The number of halogens is 1. The van der Waals surface area contributed by atoms with Gasteiger partial charge in [0.1, 0.15) is 16.8 Å². The van der Waals surface area contributed by atoms with Crippen molar-refractivity contribution in [3.05, 3.63) is 17.0 Å². The maximum atomic E-state index is 5.86. The first-order chi connectivity index (χ1) is 7.13. The Morgan fingerprint density at radius 1 is 1.53 bits per heavy atom. The minimum atomic E-state index is 0.473. The highest BCUT2D eigenvalue weighted by Crippen LogP contribution is 2.15. The average molecular weight is 227 g/mol. The third-order valence-electron chi connectivity index (χ3n) is 2.55. The highest BCUT2D eigenvalue weighted by Gasteiger charge is 2.19. The number of hydrogen-bond donors (Lipinski definition) is 1. The Kier molecular flexibility index (Phi) is 3.07. The lowest BCUT2D eigenvalue weighted by Crippen LogP contribution is -2.24. The molecule has 1 fully saturated rings. The molecule has 0 bridgehead atoms. The summed E-state index contributed by atoms with van der Waals surface area (Å²) in [7, 11) is 2.12. The third kappa shape index (κ3) is 2.79. The van der Waals surface area contributed by atoms with Crippen LogP contribution in [0.2, 0.25) is 5.15 Å². The molecular weight excluding hydrogens is 212 g/mol. The Balaban J connectivity index is 2.04. The van der Waals surface area contributed by atoms with Crippen molar-refractivity contribution in [2.75, 3.05) is 25.5 Å². The molecule has 4 nitrogen and oxygen atoms in total. The third-order valence-corrected chi connectivity index (χ3v) is 2.74. The molecule has 1 aromatic rings. The molecule has 1 aliphatic heterocycles. The van der Waals surface area contributed by atoms with Crippen LogP contribution in [0.4, 0.5) is 5.82 Å². The van der Waals surface area contributed by atoms with Gasteiger partial charge in [0.05, 0.1) is 0 Å². The number of hydrogen-bond acceptors (Lipinski definition) is 4. The second-order valence-corrected chi connectivity index (χ2v) is 4.40. The molecular formula is C10H15ClN4. The predicted molar refractivity (Wildman–Crippen MR) is 61.3 cm³/mol. The van der Waals surface area contributed by atoms with E-state index in [2.05, 4.69) is 27.2 Å². The van der Waals surface area contributed by atoms with Gasteiger partial charge in [-0.25, -0.2) is 9.97 Å². The fourth-order valence-electron chi connectivity index (χ4n) is 1.87. The number of nitrogens with one attached hydrogen (secondary N) is 1. The molecule has 0 aromatic carbocycles. The molecule has 1 aliphatic rings. The van der Waals surface area contributed by atoms with Crippen LogP contribution >= 0.6 is 11.6 Å². The van der Waals surface area contributed by atoms with Gasteiger partial charge in [0.25, 0.3) is 0 Å². The van der Waals surface area contributed by atoms with Crippen LogP contribution in [0.3, 0.4) is 0 Å². The maximum absolute atomic E-state index is 5.86. The number of rotatable bonds is 2. The van der Waals surface area contributed by atoms with E-state index in [0.717, 1.165) is 25.3 Å². The van der Waals surface area contributed by atoms with Crippen molar-refractivity contribution in [1.29, 1.82) is 0 Å². The van der Waals surface area contributed by atoms with Crippen molar-refractivity contribution in [3.63, 3.8) is 0 Å². The van der Waals surface area contributed by atoms with Gasteiger partial charge in [-0.3, -0.25) is 0 Å². The van der Waals surface area contributed by atoms with Crippen LogP contribution in [0.15, 0.2) is 6.07 Å².